The highest BCUT2D eigenvalue weighted by molar-refractivity contribution is 7.89. The summed E-state index contributed by atoms with van der Waals surface area (Å²) >= 11 is 0. The van der Waals surface area contributed by atoms with Crippen molar-refractivity contribution in [3.63, 3.8) is 0 Å². The predicted octanol–water partition coefficient (Wildman–Crippen LogP) is 1.03. The highest BCUT2D eigenvalue weighted by Crippen LogP contribution is 2.24. The Kier molecular flexibility index (Phi) is 4.89. The Balaban J connectivity index is 2.23. The molecule has 0 aliphatic heterocycles. The van der Waals surface area contributed by atoms with Crippen molar-refractivity contribution in [2.45, 2.75) is 18.0 Å². The third-order valence-corrected chi connectivity index (χ3v) is 4.36. The maximum absolute atomic E-state index is 12.3. The maximum Gasteiger partial charge on any atom is 0.244 e. The summed E-state index contributed by atoms with van der Waals surface area (Å²) in [5.41, 5.74) is 6.98. The van der Waals surface area contributed by atoms with Crippen molar-refractivity contribution in [3.05, 3.63) is 53.9 Å². The highest BCUT2D eigenvalue weighted by Gasteiger charge is 2.19. The maximum atomic E-state index is 12.3. The topological polar surface area (TPSA) is 94.3 Å². The second-order valence-corrected chi connectivity index (χ2v) is 6.07. The van der Waals surface area contributed by atoms with Gasteiger partial charge in [-0.1, -0.05) is 12.1 Å². The van der Waals surface area contributed by atoms with Gasteiger partial charge in [0.2, 0.25) is 10.0 Å². The zero-order chi connectivity index (χ0) is 15.3. The monoisotopic (exact) mass is 307 g/mol. The van der Waals surface area contributed by atoms with Crippen molar-refractivity contribution >= 4 is 10.0 Å². The molecule has 0 spiro atoms. The third kappa shape index (κ3) is 3.78. The van der Waals surface area contributed by atoms with Crippen LogP contribution in [0.15, 0.2) is 47.5 Å². The summed E-state index contributed by atoms with van der Waals surface area (Å²) in [5.74, 6) is 0.270. The van der Waals surface area contributed by atoms with Crippen LogP contribution in [0.25, 0.3) is 0 Å². The number of methoxy groups -OCH3 is 1. The second kappa shape index (κ2) is 6.66. The lowest BCUT2D eigenvalue weighted by molar-refractivity contribution is 0.401. The fraction of sp³-hybridized carbons (Fsp3) is 0.214. The first-order valence-corrected chi connectivity index (χ1v) is 7.81. The van der Waals surface area contributed by atoms with E-state index in [0.717, 1.165) is 5.56 Å². The number of benzene rings is 1. The summed E-state index contributed by atoms with van der Waals surface area (Å²) in [5, 5.41) is 0. The molecule has 0 unspecified atom stereocenters. The predicted molar refractivity (Wildman–Crippen MR) is 79.1 cm³/mol. The van der Waals surface area contributed by atoms with Crippen LogP contribution < -0.4 is 15.2 Å². The van der Waals surface area contributed by atoms with Gasteiger partial charge in [-0.25, -0.2) is 13.1 Å². The zero-order valence-corrected chi connectivity index (χ0v) is 12.4. The number of nitrogens with zero attached hydrogens (tertiary/aromatic N) is 1. The highest BCUT2D eigenvalue weighted by atomic mass is 32.2. The number of hydrogen-bond donors (Lipinski definition) is 2. The van der Waals surface area contributed by atoms with E-state index in [-0.39, 0.29) is 17.2 Å². The number of ether oxygens (including phenoxy) is 1. The minimum absolute atomic E-state index is 0.0816. The van der Waals surface area contributed by atoms with Crippen molar-refractivity contribution in [2.75, 3.05) is 7.11 Å². The number of hydrogen-bond acceptors (Lipinski definition) is 5. The van der Waals surface area contributed by atoms with Crippen molar-refractivity contribution in [3.8, 4) is 5.75 Å². The molecule has 0 aliphatic rings. The van der Waals surface area contributed by atoms with Gasteiger partial charge >= 0.3 is 0 Å². The van der Waals surface area contributed by atoms with E-state index < -0.39 is 10.0 Å². The van der Waals surface area contributed by atoms with E-state index in [1.807, 2.05) is 0 Å². The van der Waals surface area contributed by atoms with Gasteiger partial charge in [0.25, 0.3) is 0 Å². The lowest BCUT2D eigenvalue weighted by Crippen LogP contribution is -2.24. The molecule has 0 amide bonds. The molecule has 1 aromatic heterocycles. The van der Waals surface area contributed by atoms with Gasteiger partial charge in [-0.3, -0.25) is 4.98 Å². The molecule has 0 aliphatic carbocycles. The van der Waals surface area contributed by atoms with Gasteiger partial charge in [-0.2, -0.15) is 0 Å². The van der Waals surface area contributed by atoms with Crippen LogP contribution in [0.3, 0.4) is 0 Å². The molecular weight excluding hydrogens is 290 g/mol. The van der Waals surface area contributed by atoms with Crippen LogP contribution in [0.5, 0.6) is 5.75 Å². The molecule has 0 saturated heterocycles. The Labute approximate surface area is 124 Å². The second-order valence-electron chi connectivity index (χ2n) is 4.33. The molecule has 0 fully saturated rings. The molecule has 2 rings (SSSR count). The molecule has 7 heteroatoms. The molecule has 3 N–H and O–H groups in total. The quantitative estimate of drug-likeness (QED) is 0.831. The van der Waals surface area contributed by atoms with E-state index in [0.29, 0.717) is 12.2 Å². The number of pyridine rings is 1. The summed E-state index contributed by atoms with van der Waals surface area (Å²) in [6.45, 7) is 0.434. The SMILES string of the molecule is COc1cc(CN)ccc1S(=O)(=O)NCc1ccccn1. The molecule has 6 nitrogen and oxygen atoms in total. The van der Waals surface area contributed by atoms with Crippen LogP contribution in [0, 0.1) is 0 Å². The molecule has 0 saturated carbocycles. The van der Waals surface area contributed by atoms with Crippen LogP contribution in [0.4, 0.5) is 0 Å². The normalized spacial score (nSPS) is 11.3. The molecule has 0 bridgehead atoms. The Morgan fingerprint density at radius 1 is 1.29 bits per heavy atom. The summed E-state index contributed by atoms with van der Waals surface area (Å²) in [4.78, 5) is 4.15. The fourth-order valence-corrected chi connectivity index (χ4v) is 2.96. The summed E-state index contributed by atoms with van der Waals surface area (Å²) in [6.07, 6.45) is 1.61. The largest absolute Gasteiger partial charge is 0.495 e. The average Bonchev–Trinajstić information content (AvgIpc) is 2.53. The summed E-state index contributed by atoms with van der Waals surface area (Å²) in [6, 6.07) is 10.1. The van der Waals surface area contributed by atoms with Crippen molar-refractivity contribution in [1.82, 2.24) is 9.71 Å². The van der Waals surface area contributed by atoms with E-state index >= 15 is 0 Å². The van der Waals surface area contributed by atoms with Gasteiger partial charge in [0, 0.05) is 12.7 Å². The molecule has 0 radical (unpaired) electrons. The van der Waals surface area contributed by atoms with Gasteiger partial charge in [0.15, 0.2) is 0 Å². The van der Waals surface area contributed by atoms with E-state index in [1.54, 1.807) is 36.5 Å². The zero-order valence-electron chi connectivity index (χ0n) is 11.6. The van der Waals surface area contributed by atoms with Crippen molar-refractivity contribution < 1.29 is 13.2 Å². The van der Waals surface area contributed by atoms with Gasteiger partial charge in [-0.15, -0.1) is 0 Å². The number of rotatable bonds is 6. The van der Waals surface area contributed by atoms with Crippen molar-refractivity contribution in [2.24, 2.45) is 5.73 Å². The first kappa shape index (κ1) is 15.4. The van der Waals surface area contributed by atoms with E-state index in [2.05, 4.69) is 9.71 Å². The minimum Gasteiger partial charge on any atom is -0.495 e. The van der Waals surface area contributed by atoms with Crippen LogP contribution in [-0.4, -0.2) is 20.5 Å². The summed E-state index contributed by atoms with van der Waals surface area (Å²) < 4.78 is 32.3. The van der Waals surface area contributed by atoms with Gasteiger partial charge in [0.05, 0.1) is 19.3 Å². The molecule has 1 heterocycles. The number of nitrogens with one attached hydrogen (secondary N) is 1. The Morgan fingerprint density at radius 3 is 2.71 bits per heavy atom. The molecule has 0 atom stereocenters. The fourth-order valence-electron chi connectivity index (χ4n) is 1.81. The van der Waals surface area contributed by atoms with E-state index in [9.17, 15) is 8.42 Å². The van der Waals surface area contributed by atoms with Crippen LogP contribution >= 0.6 is 0 Å². The lowest BCUT2D eigenvalue weighted by Gasteiger charge is -2.11. The number of sulfonamides is 1. The smallest absolute Gasteiger partial charge is 0.244 e. The first-order chi connectivity index (χ1) is 10.1. The van der Waals surface area contributed by atoms with Crippen LogP contribution in [-0.2, 0) is 23.1 Å². The van der Waals surface area contributed by atoms with Gasteiger partial charge in [-0.05, 0) is 29.8 Å². The standard InChI is InChI=1S/C14H17N3O3S/c1-20-13-8-11(9-15)5-6-14(13)21(18,19)17-10-12-4-2-3-7-16-12/h2-8,17H,9-10,15H2,1H3. The first-order valence-electron chi connectivity index (χ1n) is 6.33. The Morgan fingerprint density at radius 2 is 2.10 bits per heavy atom. The van der Waals surface area contributed by atoms with Gasteiger partial charge < -0.3 is 10.5 Å². The molecule has 21 heavy (non-hydrogen) atoms. The molecular formula is C14H17N3O3S. The van der Waals surface area contributed by atoms with Crippen LogP contribution in [0.1, 0.15) is 11.3 Å². The molecule has 1 aromatic carbocycles. The Bertz CT molecular complexity index is 703. The van der Waals surface area contributed by atoms with Crippen LogP contribution in [0.2, 0.25) is 0 Å². The van der Waals surface area contributed by atoms with Gasteiger partial charge in [0.1, 0.15) is 10.6 Å². The Hall–Kier alpha value is -1.96. The molecule has 112 valence electrons. The summed E-state index contributed by atoms with van der Waals surface area (Å²) in [7, 11) is -2.26. The third-order valence-electron chi connectivity index (χ3n) is 2.92. The lowest BCUT2D eigenvalue weighted by atomic mass is 10.2. The number of aromatic nitrogens is 1. The minimum atomic E-state index is -3.68. The van der Waals surface area contributed by atoms with E-state index in [4.69, 9.17) is 10.5 Å². The molecule has 2 aromatic rings. The van der Waals surface area contributed by atoms with Crippen molar-refractivity contribution in [1.29, 1.82) is 0 Å². The number of nitrogens with two attached hydrogens (primary N) is 1. The van der Waals surface area contributed by atoms with E-state index in [1.165, 1.54) is 13.2 Å². The average molecular weight is 307 g/mol.